The van der Waals surface area contributed by atoms with Gasteiger partial charge in [0.15, 0.2) is 0 Å². The highest BCUT2D eigenvalue weighted by Gasteiger charge is 2.20. The molecule has 0 saturated carbocycles. The van der Waals surface area contributed by atoms with Crippen LogP contribution in [0.1, 0.15) is 5.56 Å². The molecule has 0 fully saturated rings. The Morgan fingerprint density at radius 2 is 2.00 bits per heavy atom. The number of hydrogen-bond acceptors (Lipinski definition) is 2. The fourth-order valence-electron chi connectivity index (χ4n) is 2.45. The summed E-state index contributed by atoms with van der Waals surface area (Å²) in [6.07, 6.45) is 5.75. The van der Waals surface area contributed by atoms with Crippen molar-refractivity contribution in [2.24, 2.45) is 0 Å². The lowest BCUT2D eigenvalue weighted by Gasteiger charge is -2.18. The SMILES string of the molecule is C=CC1C=Cc2cc3ccc(N(C)C)cc3cc2S1=O. The maximum absolute atomic E-state index is 12.5. The Kier molecular flexibility index (Phi) is 3.22. The Morgan fingerprint density at radius 3 is 2.70 bits per heavy atom. The summed E-state index contributed by atoms with van der Waals surface area (Å²) in [7, 11) is 3.00. The first kappa shape index (κ1) is 13.1. The summed E-state index contributed by atoms with van der Waals surface area (Å²) in [5.41, 5.74) is 2.20. The first-order valence-electron chi connectivity index (χ1n) is 6.56. The summed E-state index contributed by atoms with van der Waals surface area (Å²) in [5, 5.41) is 2.21. The predicted molar refractivity (Wildman–Crippen MR) is 87.7 cm³/mol. The second kappa shape index (κ2) is 4.91. The highest BCUT2D eigenvalue weighted by atomic mass is 32.2. The topological polar surface area (TPSA) is 20.3 Å². The van der Waals surface area contributed by atoms with Gasteiger partial charge in [0.1, 0.15) is 0 Å². The molecule has 0 bridgehead atoms. The van der Waals surface area contributed by atoms with Gasteiger partial charge in [-0.2, -0.15) is 0 Å². The molecule has 0 aromatic heterocycles. The molecule has 1 aliphatic rings. The van der Waals surface area contributed by atoms with Crippen LogP contribution in [0.25, 0.3) is 16.8 Å². The van der Waals surface area contributed by atoms with Gasteiger partial charge in [-0.3, -0.25) is 4.21 Å². The summed E-state index contributed by atoms with van der Waals surface area (Å²) in [6.45, 7) is 3.76. The van der Waals surface area contributed by atoms with E-state index in [1.807, 2.05) is 32.3 Å². The molecule has 0 amide bonds. The lowest BCUT2D eigenvalue weighted by molar-refractivity contribution is 0.681. The van der Waals surface area contributed by atoms with Gasteiger partial charge < -0.3 is 4.90 Å². The van der Waals surface area contributed by atoms with Crippen LogP contribution >= 0.6 is 0 Å². The van der Waals surface area contributed by atoms with Crippen molar-refractivity contribution >= 4 is 33.3 Å². The van der Waals surface area contributed by atoms with E-state index in [1.165, 1.54) is 5.39 Å². The van der Waals surface area contributed by atoms with Crippen molar-refractivity contribution < 1.29 is 4.21 Å². The fraction of sp³-hybridized carbons (Fsp3) is 0.176. The van der Waals surface area contributed by atoms with Crippen molar-refractivity contribution in [3.63, 3.8) is 0 Å². The number of benzene rings is 2. The maximum atomic E-state index is 12.5. The van der Waals surface area contributed by atoms with Gasteiger partial charge in [0.25, 0.3) is 0 Å². The largest absolute Gasteiger partial charge is 0.378 e. The molecule has 0 N–H and O–H groups in total. The molecule has 0 aliphatic carbocycles. The quantitative estimate of drug-likeness (QED) is 0.785. The van der Waals surface area contributed by atoms with Gasteiger partial charge in [0.2, 0.25) is 0 Å². The zero-order chi connectivity index (χ0) is 14.3. The molecule has 1 aliphatic heterocycles. The van der Waals surface area contributed by atoms with E-state index in [-0.39, 0.29) is 5.25 Å². The Bertz CT molecular complexity index is 746. The molecule has 20 heavy (non-hydrogen) atoms. The monoisotopic (exact) mass is 283 g/mol. The third-order valence-electron chi connectivity index (χ3n) is 3.63. The van der Waals surface area contributed by atoms with Crippen molar-refractivity contribution in [1.82, 2.24) is 0 Å². The van der Waals surface area contributed by atoms with E-state index in [0.29, 0.717) is 0 Å². The molecule has 2 unspecified atom stereocenters. The van der Waals surface area contributed by atoms with Gasteiger partial charge in [0.05, 0.1) is 16.0 Å². The lowest BCUT2D eigenvalue weighted by atomic mass is 10.0. The zero-order valence-corrected chi connectivity index (χ0v) is 12.5. The van der Waals surface area contributed by atoms with Crippen LogP contribution in [-0.4, -0.2) is 23.6 Å². The lowest BCUT2D eigenvalue weighted by Crippen LogP contribution is -2.13. The first-order valence-corrected chi connectivity index (χ1v) is 7.78. The summed E-state index contributed by atoms with van der Waals surface area (Å²) in [6, 6.07) is 10.5. The molecule has 2 atom stereocenters. The standard InChI is InChI=1S/C17H17NOS/c1-4-16-8-6-13-9-12-5-7-15(18(2)3)10-14(12)11-17(13)20(16)19/h4-11,16H,1H2,2-3H3. The molecule has 102 valence electrons. The van der Waals surface area contributed by atoms with Gasteiger partial charge in [-0.15, -0.1) is 6.58 Å². The van der Waals surface area contributed by atoms with E-state index >= 15 is 0 Å². The van der Waals surface area contributed by atoms with Crippen molar-refractivity contribution in [1.29, 1.82) is 0 Å². The molecule has 3 heteroatoms. The molecule has 2 aromatic carbocycles. The second-order valence-electron chi connectivity index (χ2n) is 5.17. The van der Waals surface area contributed by atoms with E-state index in [2.05, 4.69) is 35.7 Å². The van der Waals surface area contributed by atoms with Gasteiger partial charge in [0, 0.05) is 24.7 Å². The molecule has 2 aromatic rings. The molecule has 0 radical (unpaired) electrons. The highest BCUT2D eigenvalue weighted by Crippen LogP contribution is 2.31. The zero-order valence-electron chi connectivity index (χ0n) is 11.7. The molecule has 0 saturated heterocycles. The first-order chi connectivity index (χ1) is 9.60. The Hall–Kier alpha value is -1.87. The van der Waals surface area contributed by atoms with Crippen molar-refractivity contribution in [3.8, 4) is 0 Å². The smallest absolute Gasteiger partial charge is 0.0756 e. The third kappa shape index (κ3) is 2.08. The minimum absolute atomic E-state index is 0.0861. The average Bonchev–Trinajstić information content (AvgIpc) is 2.45. The molecule has 1 heterocycles. The predicted octanol–water partition coefficient (Wildman–Crippen LogP) is 3.59. The van der Waals surface area contributed by atoms with Gasteiger partial charge in [-0.1, -0.05) is 24.3 Å². The van der Waals surface area contributed by atoms with Crippen LogP contribution < -0.4 is 4.90 Å². The molecule has 3 rings (SSSR count). The Balaban J connectivity index is 2.21. The third-order valence-corrected chi connectivity index (χ3v) is 5.26. The van der Waals surface area contributed by atoms with Crippen LogP contribution in [0.3, 0.4) is 0 Å². The Morgan fingerprint density at radius 1 is 1.20 bits per heavy atom. The van der Waals surface area contributed by atoms with E-state index < -0.39 is 10.8 Å². The van der Waals surface area contributed by atoms with Crippen LogP contribution in [0.5, 0.6) is 0 Å². The maximum Gasteiger partial charge on any atom is 0.0756 e. The molecule has 2 nitrogen and oxygen atoms in total. The summed E-state index contributed by atoms with van der Waals surface area (Å²) < 4.78 is 12.5. The van der Waals surface area contributed by atoms with Crippen LogP contribution in [-0.2, 0) is 10.8 Å². The Labute approximate surface area is 121 Å². The van der Waals surface area contributed by atoms with Crippen LogP contribution in [0.2, 0.25) is 0 Å². The second-order valence-corrected chi connectivity index (χ2v) is 6.75. The average molecular weight is 283 g/mol. The number of rotatable bonds is 2. The van der Waals surface area contributed by atoms with Crippen LogP contribution in [0.15, 0.2) is 54.0 Å². The van der Waals surface area contributed by atoms with E-state index in [1.54, 1.807) is 6.08 Å². The van der Waals surface area contributed by atoms with E-state index in [9.17, 15) is 4.21 Å². The van der Waals surface area contributed by atoms with Crippen LogP contribution in [0, 0.1) is 0 Å². The van der Waals surface area contributed by atoms with Crippen molar-refractivity contribution in [2.75, 3.05) is 19.0 Å². The van der Waals surface area contributed by atoms with Gasteiger partial charge in [-0.05, 0) is 40.6 Å². The van der Waals surface area contributed by atoms with Crippen LogP contribution in [0.4, 0.5) is 5.69 Å². The minimum Gasteiger partial charge on any atom is -0.378 e. The normalized spacial score (nSPS) is 20.7. The fourth-order valence-corrected chi connectivity index (χ4v) is 3.74. The van der Waals surface area contributed by atoms with E-state index in [0.717, 1.165) is 21.5 Å². The molecular weight excluding hydrogens is 266 g/mol. The van der Waals surface area contributed by atoms with E-state index in [4.69, 9.17) is 0 Å². The van der Waals surface area contributed by atoms with Crippen molar-refractivity contribution in [3.05, 3.63) is 54.6 Å². The summed E-state index contributed by atoms with van der Waals surface area (Å²) >= 11 is 0. The van der Waals surface area contributed by atoms with Gasteiger partial charge >= 0.3 is 0 Å². The summed E-state index contributed by atoms with van der Waals surface area (Å²) in [4.78, 5) is 2.98. The number of fused-ring (bicyclic) bond motifs is 2. The minimum atomic E-state index is -1.04. The van der Waals surface area contributed by atoms with Crippen molar-refractivity contribution in [2.45, 2.75) is 10.1 Å². The van der Waals surface area contributed by atoms with Gasteiger partial charge in [-0.25, -0.2) is 0 Å². The highest BCUT2D eigenvalue weighted by molar-refractivity contribution is 7.86. The molecule has 0 spiro atoms. The molecular formula is C17H17NOS. The number of nitrogens with zero attached hydrogens (tertiary/aromatic N) is 1. The number of hydrogen-bond donors (Lipinski definition) is 0. The number of anilines is 1. The summed E-state index contributed by atoms with van der Waals surface area (Å²) in [5.74, 6) is 0.